The molecule has 0 aliphatic heterocycles. The molecule has 7 aromatic rings. The number of benzene rings is 7. The lowest BCUT2D eigenvalue weighted by molar-refractivity contribution is 0.542. The van der Waals surface area contributed by atoms with Gasteiger partial charge in [-0.15, -0.1) is 0 Å². The van der Waals surface area contributed by atoms with Crippen molar-refractivity contribution in [3.8, 4) is 0 Å². The van der Waals surface area contributed by atoms with Crippen LogP contribution in [-0.4, -0.2) is 0 Å². The SMILES string of the molecule is C1=CC(c2ccc3ccccc3c2)=CC2=C(c3cccc4ccccc34)c3ccccc3C3(c4cccc5ccccc45)CC23C1. The van der Waals surface area contributed by atoms with Crippen molar-refractivity contribution in [1.29, 1.82) is 0 Å². The predicted octanol–water partition coefficient (Wildman–Crippen LogP) is 11.7. The molecule has 2 unspecified atom stereocenters. The second kappa shape index (κ2) is 9.52. The van der Waals surface area contributed by atoms with E-state index in [2.05, 4.69) is 170 Å². The Labute approximate surface area is 269 Å². The fourth-order valence-electron chi connectivity index (χ4n) is 9.08. The first-order valence-corrected chi connectivity index (χ1v) is 16.5. The first-order valence-electron chi connectivity index (χ1n) is 16.5. The van der Waals surface area contributed by atoms with Crippen LogP contribution in [0.5, 0.6) is 0 Å². The van der Waals surface area contributed by atoms with Gasteiger partial charge in [0.05, 0.1) is 0 Å². The molecule has 10 rings (SSSR count). The monoisotopic (exact) mass is 584 g/mol. The van der Waals surface area contributed by atoms with Gasteiger partial charge < -0.3 is 0 Å². The first kappa shape index (κ1) is 25.8. The molecule has 2 atom stereocenters. The molecule has 7 aromatic carbocycles. The van der Waals surface area contributed by atoms with E-state index >= 15 is 0 Å². The molecule has 0 nitrogen and oxygen atoms in total. The van der Waals surface area contributed by atoms with E-state index in [0.717, 1.165) is 12.8 Å². The van der Waals surface area contributed by atoms with Crippen molar-refractivity contribution in [2.24, 2.45) is 5.41 Å². The minimum absolute atomic E-state index is 0.0488. The van der Waals surface area contributed by atoms with Gasteiger partial charge in [-0.3, -0.25) is 0 Å². The average Bonchev–Trinajstić information content (AvgIpc) is 3.85. The summed E-state index contributed by atoms with van der Waals surface area (Å²) in [7, 11) is 0. The van der Waals surface area contributed by atoms with E-state index in [0.29, 0.717) is 0 Å². The minimum atomic E-state index is -0.104. The Morgan fingerprint density at radius 1 is 0.478 bits per heavy atom. The lowest BCUT2D eigenvalue weighted by Crippen LogP contribution is -2.27. The molecule has 46 heavy (non-hydrogen) atoms. The van der Waals surface area contributed by atoms with Crippen LogP contribution < -0.4 is 0 Å². The van der Waals surface area contributed by atoms with Gasteiger partial charge in [0, 0.05) is 10.8 Å². The van der Waals surface area contributed by atoms with Gasteiger partial charge in [-0.05, 0) is 102 Å². The van der Waals surface area contributed by atoms with Crippen molar-refractivity contribution in [3.05, 3.63) is 203 Å². The molecule has 0 N–H and O–H groups in total. The van der Waals surface area contributed by atoms with E-state index in [4.69, 9.17) is 0 Å². The van der Waals surface area contributed by atoms with Gasteiger partial charge in [0.1, 0.15) is 0 Å². The van der Waals surface area contributed by atoms with Gasteiger partial charge in [-0.25, -0.2) is 0 Å². The van der Waals surface area contributed by atoms with Gasteiger partial charge in [0.25, 0.3) is 0 Å². The van der Waals surface area contributed by atoms with E-state index in [1.165, 1.54) is 76.9 Å². The zero-order valence-corrected chi connectivity index (χ0v) is 25.6. The van der Waals surface area contributed by atoms with Crippen molar-refractivity contribution >= 4 is 43.5 Å². The van der Waals surface area contributed by atoms with Crippen LogP contribution in [0.4, 0.5) is 0 Å². The van der Waals surface area contributed by atoms with Crippen LogP contribution in [0.2, 0.25) is 0 Å². The Morgan fingerprint density at radius 2 is 1.11 bits per heavy atom. The topological polar surface area (TPSA) is 0 Å². The Kier molecular flexibility index (Phi) is 5.35. The summed E-state index contributed by atoms with van der Waals surface area (Å²) in [5.74, 6) is 0. The Hall–Kier alpha value is -5.46. The molecule has 0 aromatic heterocycles. The molecular weight excluding hydrogens is 553 g/mol. The van der Waals surface area contributed by atoms with Crippen molar-refractivity contribution in [2.45, 2.75) is 18.3 Å². The van der Waals surface area contributed by atoms with Crippen molar-refractivity contribution in [2.75, 3.05) is 0 Å². The van der Waals surface area contributed by atoms with Crippen LogP contribution in [0.1, 0.15) is 40.7 Å². The molecule has 0 bridgehead atoms. The third-order valence-corrected chi connectivity index (χ3v) is 11.2. The molecule has 1 saturated carbocycles. The maximum absolute atomic E-state index is 2.56. The second-order valence-corrected chi connectivity index (χ2v) is 13.3. The summed E-state index contributed by atoms with van der Waals surface area (Å²) in [5, 5.41) is 7.84. The molecular formula is C46H32. The Balaban J connectivity index is 1.32. The predicted molar refractivity (Wildman–Crippen MR) is 194 cm³/mol. The molecule has 0 saturated heterocycles. The Bertz CT molecular complexity index is 2480. The van der Waals surface area contributed by atoms with Crippen LogP contribution in [-0.2, 0) is 5.41 Å². The number of rotatable bonds is 3. The smallest absolute Gasteiger partial charge is 0.0324 e. The molecule has 0 heteroatoms. The summed E-state index contributed by atoms with van der Waals surface area (Å²) in [6, 6.07) is 56.6. The summed E-state index contributed by atoms with van der Waals surface area (Å²) in [4.78, 5) is 0. The quantitative estimate of drug-likeness (QED) is 0.194. The number of hydrogen-bond acceptors (Lipinski definition) is 0. The molecule has 1 fully saturated rings. The van der Waals surface area contributed by atoms with E-state index in [-0.39, 0.29) is 10.8 Å². The van der Waals surface area contributed by atoms with Gasteiger partial charge >= 0.3 is 0 Å². The zero-order chi connectivity index (χ0) is 30.3. The van der Waals surface area contributed by atoms with Crippen LogP contribution in [0.25, 0.3) is 43.5 Å². The van der Waals surface area contributed by atoms with Crippen molar-refractivity contribution in [3.63, 3.8) is 0 Å². The van der Waals surface area contributed by atoms with Gasteiger partial charge in [-0.1, -0.05) is 158 Å². The molecule has 3 aliphatic carbocycles. The van der Waals surface area contributed by atoms with Crippen LogP contribution >= 0.6 is 0 Å². The van der Waals surface area contributed by atoms with E-state index in [1.807, 2.05) is 0 Å². The summed E-state index contributed by atoms with van der Waals surface area (Å²) in [6.45, 7) is 0. The van der Waals surface area contributed by atoms with Crippen LogP contribution in [0.3, 0.4) is 0 Å². The highest BCUT2D eigenvalue weighted by Crippen LogP contribution is 2.78. The molecule has 0 radical (unpaired) electrons. The standard InChI is InChI=1S/C46H32/c1-2-15-34-28-36(26-25-31(34)12-1)35-18-11-27-45-30-46(45,41-24-10-17-33-14-4-6-20-38(33)41)42-23-8-7-21-40(42)44(43(45)29-35)39-22-9-16-32-13-3-5-19-37(32)39/h1-26,28-29H,27,30H2. The van der Waals surface area contributed by atoms with Gasteiger partial charge in [0.15, 0.2) is 0 Å². The number of fused-ring (bicyclic) bond motifs is 5. The lowest BCUT2D eigenvalue weighted by atomic mass is 9.65. The van der Waals surface area contributed by atoms with Gasteiger partial charge in [0.2, 0.25) is 0 Å². The normalized spacial score (nSPS) is 21.4. The van der Waals surface area contributed by atoms with Crippen molar-refractivity contribution in [1.82, 2.24) is 0 Å². The lowest BCUT2D eigenvalue weighted by Gasteiger charge is -2.37. The number of hydrogen-bond donors (Lipinski definition) is 0. The fourth-order valence-corrected chi connectivity index (χ4v) is 9.08. The summed E-state index contributed by atoms with van der Waals surface area (Å²) in [6.07, 6.45) is 9.52. The molecule has 0 heterocycles. The summed E-state index contributed by atoms with van der Waals surface area (Å²) >= 11 is 0. The van der Waals surface area contributed by atoms with E-state index in [9.17, 15) is 0 Å². The molecule has 3 aliphatic rings. The zero-order valence-electron chi connectivity index (χ0n) is 25.6. The third kappa shape index (κ3) is 3.45. The second-order valence-electron chi connectivity index (χ2n) is 13.3. The van der Waals surface area contributed by atoms with Crippen molar-refractivity contribution < 1.29 is 0 Å². The highest BCUT2D eigenvalue weighted by atomic mass is 14.7. The van der Waals surface area contributed by atoms with Crippen LogP contribution in [0.15, 0.2) is 175 Å². The maximum Gasteiger partial charge on any atom is 0.0324 e. The highest BCUT2D eigenvalue weighted by Gasteiger charge is 2.72. The molecule has 0 amide bonds. The third-order valence-electron chi connectivity index (χ3n) is 11.2. The number of allylic oxidation sites excluding steroid dienone is 5. The fraction of sp³-hybridized carbons (Fsp3) is 0.0870. The van der Waals surface area contributed by atoms with E-state index in [1.54, 1.807) is 0 Å². The first-order chi connectivity index (χ1) is 22.8. The van der Waals surface area contributed by atoms with Crippen LogP contribution in [0, 0.1) is 5.41 Å². The molecule has 1 spiro atoms. The minimum Gasteiger partial charge on any atom is -0.0830 e. The highest BCUT2D eigenvalue weighted by molar-refractivity contribution is 6.04. The average molecular weight is 585 g/mol. The molecule has 216 valence electrons. The maximum atomic E-state index is 2.56. The largest absolute Gasteiger partial charge is 0.0830 e. The summed E-state index contributed by atoms with van der Waals surface area (Å²) < 4.78 is 0. The Morgan fingerprint density at radius 3 is 1.98 bits per heavy atom. The van der Waals surface area contributed by atoms with E-state index < -0.39 is 0 Å². The van der Waals surface area contributed by atoms with Gasteiger partial charge in [-0.2, -0.15) is 0 Å². The summed E-state index contributed by atoms with van der Waals surface area (Å²) in [5.41, 5.74) is 10.9.